The second kappa shape index (κ2) is 11.2. The summed E-state index contributed by atoms with van der Waals surface area (Å²) in [5.41, 5.74) is 0.776. The second-order valence-electron chi connectivity index (χ2n) is 9.26. The second-order valence-corrected chi connectivity index (χ2v) is 11.6. The van der Waals surface area contributed by atoms with Gasteiger partial charge in [-0.3, -0.25) is 14.7 Å². The van der Waals surface area contributed by atoms with Gasteiger partial charge in [-0.1, -0.05) is 6.07 Å². The van der Waals surface area contributed by atoms with Gasteiger partial charge in [0.1, 0.15) is 18.5 Å². The fraction of sp³-hybridized carbons (Fsp3) is 0.417. The molecule has 0 radical (unpaired) electrons. The predicted molar refractivity (Wildman–Crippen MR) is 145 cm³/mol. The third-order valence-corrected chi connectivity index (χ3v) is 8.71. The van der Waals surface area contributed by atoms with E-state index >= 15 is 0 Å². The number of likely N-dealkylation sites (N-methyl/N-ethyl adjacent to an activating group) is 1. The number of fused-ring (bicyclic) bond motifs is 1. The van der Waals surface area contributed by atoms with Crippen molar-refractivity contribution in [1.82, 2.24) is 29.1 Å². The van der Waals surface area contributed by atoms with E-state index in [0.717, 1.165) is 0 Å². The number of urea groups is 1. The van der Waals surface area contributed by atoms with Crippen molar-refractivity contribution < 1.29 is 28.7 Å². The van der Waals surface area contributed by atoms with Crippen molar-refractivity contribution in [2.45, 2.75) is 56.2 Å². The third-order valence-electron chi connectivity index (χ3n) is 6.37. The van der Waals surface area contributed by atoms with Crippen molar-refractivity contribution in [1.29, 1.82) is 0 Å². The Labute approximate surface area is 225 Å². The molecule has 3 amide bonds. The molecule has 1 aliphatic heterocycles. The fourth-order valence-electron chi connectivity index (χ4n) is 4.06. The molecule has 3 heterocycles. The van der Waals surface area contributed by atoms with Crippen molar-refractivity contribution in [3.8, 4) is 0 Å². The zero-order valence-corrected chi connectivity index (χ0v) is 22.8. The van der Waals surface area contributed by atoms with Crippen LogP contribution in [0.25, 0.3) is 11.2 Å². The van der Waals surface area contributed by atoms with Crippen molar-refractivity contribution in [3.05, 3.63) is 36.9 Å². The Balaban J connectivity index is 1.53. The average Bonchev–Trinajstić information content (AvgIpc) is 3.45. The Morgan fingerprint density at radius 2 is 1.95 bits per heavy atom. The first kappa shape index (κ1) is 28.4. The van der Waals surface area contributed by atoms with Crippen LogP contribution in [-0.4, -0.2) is 94.0 Å². The Hall–Kier alpha value is -3.63. The Morgan fingerprint density at radius 3 is 2.64 bits per heavy atom. The quantitative estimate of drug-likeness (QED) is 0.246. The van der Waals surface area contributed by atoms with E-state index in [1.54, 1.807) is 42.5 Å². The highest BCUT2D eigenvalue weighted by molar-refractivity contribution is 7.98. The first-order valence-corrected chi connectivity index (χ1v) is 13.9. The molecule has 0 saturated carbocycles. The summed E-state index contributed by atoms with van der Waals surface area (Å²) in [4.78, 5) is 38.0. The molecular formula is C24H32N8O6S. The van der Waals surface area contributed by atoms with Crippen LogP contribution < -0.4 is 16.0 Å². The highest BCUT2D eigenvalue weighted by Gasteiger charge is 2.47. The topological polar surface area (TPSA) is 184 Å². The van der Waals surface area contributed by atoms with Crippen LogP contribution in [0, 0.1) is 0 Å². The van der Waals surface area contributed by atoms with Gasteiger partial charge in [-0.2, -0.15) is 0 Å². The molecule has 3 aromatic rings. The minimum Gasteiger partial charge on any atom is -0.387 e. The van der Waals surface area contributed by atoms with Gasteiger partial charge >= 0.3 is 6.03 Å². The van der Waals surface area contributed by atoms with Gasteiger partial charge in [0.2, 0.25) is 0 Å². The molecule has 5 atom stereocenters. The van der Waals surface area contributed by atoms with Crippen LogP contribution >= 0.6 is 0 Å². The summed E-state index contributed by atoms with van der Waals surface area (Å²) >= 11 is 0. The molecule has 4 rings (SSSR count). The van der Waals surface area contributed by atoms with E-state index in [0.29, 0.717) is 17.1 Å². The number of carbonyl (C=O) groups is 2. The largest absolute Gasteiger partial charge is 0.387 e. The lowest BCUT2D eigenvalue weighted by molar-refractivity contribution is -0.137. The van der Waals surface area contributed by atoms with Crippen LogP contribution in [0.3, 0.4) is 0 Å². The lowest BCUT2D eigenvalue weighted by atomic mass is 10.1. The molecule has 0 aliphatic carbocycles. The first-order valence-electron chi connectivity index (χ1n) is 12.2. The number of aliphatic hydroxyl groups is 2. The van der Waals surface area contributed by atoms with Gasteiger partial charge in [0.25, 0.3) is 5.91 Å². The molecular weight excluding hydrogens is 528 g/mol. The van der Waals surface area contributed by atoms with E-state index < -0.39 is 46.2 Å². The molecule has 210 valence electrons. The number of anilines is 2. The average molecular weight is 561 g/mol. The molecule has 1 aliphatic rings. The highest BCUT2D eigenvalue weighted by atomic mass is 32.2. The van der Waals surface area contributed by atoms with Gasteiger partial charge in [-0.05, 0) is 51.9 Å². The maximum absolute atomic E-state index is 13.2. The van der Waals surface area contributed by atoms with Gasteiger partial charge in [-0.25, -0.2) is 28.3 Å². The maximum atomic E-state index is 13.2. The summed E-state index contributed by atoms with van der Waals surface area (Å²) in [6, 6.07) is 5.95. The minimum absolute atomic E-state index is 0.00622. The summed E-state index contributed by atoms with van der Waals surface area (Å²) in [6.45, 7) is 5.87. The number of aromatic nitrogens is 4. The normalized spacial score (nSPS) is 22.7. The minimum atomic E-state index is -2.76. The van der Waals surface area contributed by atoms with Gasteiger partial charge in [-0.15, -0.1) is 0 Å². The Morgan fingerprint density at radius 1 is 1.21 bits per heavy atom. The zero-order chi connectivity index (χ0) is 28.5. The van der Waals surface area contributed by atoms with Crippen LogP contribution in [0.4, 0.5) is 16.3 Å². The summed E-state index contributed by atoms with van der Waals surface area (Å²) < 4.78 is 21.9. The van der Waals surface area contributed by atoms with E-state index in [2.05, 4.69) is 36.8 Å². The SMILES string of the molecule is C=S(=O)(c1cccc(NC(=O)Nc2ncnc3c2ncn3[C@@H]2O[C@H](C(=O)NCC)C(O)C2O)c1)N(C)C(C)C. The molecule has 0 spiro atoms. The third kappa shape index (κ3) is 5.58. The molecule has 0 bridgehead atoms. The lowest BCUT2D eigenvalue weighted by Gasteiger charge is -2.25. The number of nitrogens with one attached hydrogen (secondary N) is 3. The summed E-state index contributed by atoms with van der Waals surface area (Å²) in [7, 11) is -1.03. The van der Waals surface area contributed by atoms with Crippen molar-refractivity contribution in [3.63, 3.8) is 0 Å². The van der Waals surface area contributed by atoms with E-state index in [1.165, 1.54) is 17.2 Å². The lowest BCUT2D eigenvalue weighted by Crippen LogP contribution is -2.42. The van der Waals surface area contributed by atoms with Crippen molar-refractivity contribution in [2.75, 3.05) is 24.2 Å². The highest BCUT2D eigenvalue weighted by Crippen LogP contribution is 2.32. The van der Waals surface area contributed by atoms with Crippen LogP contribution in [0.2, 0.25) is 0 Å². The van der Waals surface area contributed by atoms with Crippen molar-refractivity contribution in [2.24, 2.45) is 0 Å². The number of imidazole rings is 1. The standard InChI is InChI=1S/C24H32N8O6S/c1-6-25-22(35)19-17(33)18(34)23(38-19)32-12-28-16-20(26-11-27-21(16)32)30-24(36)29-14-8-7-9-15(10-14)39(5,37)31(4)13(2)3/h7-13,17-19,23,33-34H,5-6H2,1-4H3,(H,25,35)(H2,26,27,29,30,36)/t17?,18?,19-,23+,39?/m0/s1. The number of hydrogen-bond acceptors (Lipinski definition) is 9. The van der Waals surface area contributed by atoms with Crippen LogP contribution in [0.15, 0.2) is 41.8 Å². The van der Waals surface area contributed by atoms with Gasteiger partial charge < -0.3 is 25.6 Å². The number of carbonyl (C=O) groups excluding carboxylic acids is 2. The van der Waals surface area contributed by atoms with Gasteiger partial charge in [0.15, 0.2) is 29.3 Å². The smallest absolute Gasteiger partial charge is 0.324 e. The molecule has 5 N–H and O–H groups in total. The zero-order valence-electron chi connectivity index (χ0n) is 21.9. The van der Waals surface area contributed by atoms with Crippen LogP contribution in [-0.2, 0) is 19.2 Å². The van der Waals surface area contributed by atoms with E-state index in [4.69, 9.17) is 4.74 Å². The Kier molecular flexibility index (Phi) is 8.17. The molecule has 15 heteroatoms. The van der Waals surface area contributed by atoms with E-state index in [-0.39, 0.29) is 23.0 Å². The molecule has 1 fully saturated rings. The van der Waals surface area contributed by atoms with Gasteiger partial charge in [0.05, 0.1) is 16.0 Å². The number of nitrogens with zero attached hydrogens (tertiary/aromatic N) is 5. The fourth-order valence-corrected chi connectivity index (χ4v) is 5.68. The summed E-state index contributed by atoms with van der Waals surface area (Å²) in [5.74, 6) is 3.40. The molecule has 2 aromatic heterocycles. The number of hydrogen-bond donors (Lipinski definition) is 5. The molecule has 1 saturated heterocycles. The number of rotatable bonds is 8. The number of ether oxygens (including phenoxy) is 1. The van der Waals surface area contributed by atoms with Gasteiger partial charge in [0, 0.05) is 23.2 Å². The monoisotopic (exact) mass is 560 g/mol. The number of amides is 3. The molecule has 3 unspecified atom stereocenters. The predicted octanol–water partition coefficient (Wildman–Crippen LogP) is 0.556. The summed E-state index contributed by atoms with van der Waals surface area (Å²) in [5, 5.41) is 28.7. The number of aliphatic hydroxyl groups excluding tert-OH is 2. The number of benzene rings is 1. The summed E-state index contributed by atoms with van der Waals surface area (Å²) in [6.07, 6.45) is -2.84. The van der Waals surface area contributed by atoms with Crippen LogP contribution in [0.1, 0.15) is 27.0 Å². The maximum Gasteiger partial charge on any atom is 0.324 e. The van der Waals surface area contributed by atoms with E-state index in [1.807, 2.05) is 13.8 Å². The first-order chi connectivity index (χ1) is 18.4. The molecule has 1 aromatic carbocycles. The van der Waals surface area contributed by atoms with E-state index in [9.17, 15) is 24.0 Å². The molecule has 39 heavy (non-hydrogen) atoms. The van der Waals surface area contributed by atoms with Crippen molar-refractivity contribution >= 4 is 50.2 Å². The Bertz CT molecular complexity index is 1480. The molecule has 14 nitrogen and oxygen atoms in total. The van der Waals surface area contributed by atoms with Crippen LogP contribution in [0.5, 0.6) is 0 Å².